The van der Waals surface area contributed by atoms with E-state index in [1.807, 2.05) is 0 Å². The number of rotatable bonds is 3. The predicted octanol–water partition coefficient (Wildman–Crippen LogP) is -0.237. The van der Waals surface area contributed by atoms with Crippen LogP contribution >= 0.6 is 12.2 Å². The van der Waals surface area contributed by atoms with Crippen LogP contribution in [0.25, 0.3) is 0 Å². The van der Waals surface area contributed by atoms with Gasteiger partial charge in [-0.1, -0.05) is 12.2 Å². The third kappa shape index (κ3) is 3.29. The fraction of sp³-hybridized carbons (Fsp3) is 0.833. The molecule has 114 valence electrons. The summed E-state index contributed by atoms with van der Waals surface area (Å²) in [5.41, 5.74) is 4.93. The third-order valence-corrected chi connectivity index (χ3v) is 6.25. The minimum absolute atomic E-state index is 0.111. The van der Waals surface area contributed by atoms with Gasteiger partial charge in [0, 0.05) is 19.3 Å². The molecule has 2 fully saturated rings. The number of carbonyl (C=O) groups is 1. The largest absolute Gasteiger partial charge is 0.392 e. The Balaban J connectivity index is 2.01. The van der Waals surface area contributed by atoms with Crippen LogP contribution in [0.15, 0.2) is 0 Å². The van der Waals surface area contributed by atoms with Crippen LogP contribution in [0.2, 0.25) is 0 Å². The molecule has 0 aromatic heterocycles. The smallest absolute Gasteiger partial charge is 0.233 e. The van der Waals surface area contributed by atoms with Crippen molar-refractivity contribution >= 4 is 33.0 Å². The molecule has 1 amide bonds. The average Bonchev–Trinajstić information content (AvgIpc) is 2.41. The third-order valence-electron chi connectivity index (χ3n) is 4.14. The van der Waals surface area contributed by atoms with Gasteiger partial charge in [-0.3, -0.25) is 4.79 Å². The molecular formula is C12H20N2O4S2. The molecule has 2 saturated heterocycles. The summed E-state index contributed by atoms with van der Waals surface area (Å²) in [5, 5.41) is 2.92. The second-order valence-electron chi connectivity index (χ2n) is 5.46. The predicted molar refractivity (Wildman–Crippen MR) is 79.1 cm³/mol. The zero-order chi connectivity index (χ0) is 14.8. The monoisotopic (exact) mass is 320 g/mol. The molecule has 2 aliphatic heterocycles. The fourth-order valence-corrected chi connectivity index (χ4v) is 4.45. The Morgan fingerprint density at radius 3 is 2.30 bits per heavy atom. The van der Waals surface area contributed by atoms with Gasteiger partial charge in [0.2, 0.25) is 5.91 Å². The molecule has 0 radical (unpaired) electrons. The Morgan fingerprint density at radius 1 is 1.25 bits per heavy atom. The van der Waals surface area contributed by atoms with Crippen LogP contribution in [0.1, 0.15) is 25.7 Å². The standard InChI is InChI=1S/C12H20N2O4S2/c13-10(19)12(3-5-18-6-4-12)11(15)14-9-1-7-20(16,17)8-2-9/h9H,1-8H2,(H2,13,19)(H,14,15). The van der Waals surface area contributed by atoms with Gasteiger partial charge in [-0.05, 0) is 25.7 Å². The van der Waals surface area contributed by atoms with Gasteiger partial charge in [-0.2, -0.15) is 0 Å². The first-order valence-corrected chi connectivity index (χ1v) is 8.98. The van der Waals surface area contributed by atoms with E-state index >= 15 is 0 Å². The van der Waals surface area contributed by atoms with E-state index < -0.39 is 15.3 Å². The second-order valence-corrected chi connectivity index (χ2v) is 8.20. The SMILES string of the molecule is NC(=S)C1(C(=O)NC2CCS(=O)(=O)CC2)CCOCC1. The highest BCUT2D eigenvalue weighted by Gasteiger charge is 2.43. The summed E-state index contributed by atoms with van der Waals surface area (Å²) < 4.78 is 28.0. The zero-order valence-corrected chi connectivity index (χ0v) is 12.9. The van der Waals surface area contributed by atoms with Crippen molar-refractivity contribution < 1.29 is 17.9 Å². The molecule has 20 heavy (non-hydrogen) atoms. The summed E-state index contributed by atoms with van der Waals surface area (Å²) in [6, 6.07) is -0.111. The molecule has 0 saturated carbocycles. The number of nitrogens with one attached hydrogen (secondary N) is 1. The van der Waals surface area contributed by atoms with Gasteiger partial charge in [0.1, 0.15) is 15.3 Å². The van der Waals surface area contributed by atoms with E-state index in [9.17, 15) is 13.2 Å². The molecule has 0 unspecified atom stereocenters. The average molecular weight is 320 g/mol. The maximum absolute atomic E-state index is 12.5. The lowest BCUT2D eigenvalue weighted by molar-refractivity contribution is -0.132. The van der Waals surface area contributed by atoms with Crippen molar-refractivity contribution in [2.75, 3.05) is 24.7 Å². The normalized spacial score (nSPS) is 25.8. The molecule has 2 rings (SSSR count). The van der Waals surface area contributed by atoms with E-state index in [2.05, 4.69) is 5.32 Å². The van der Waals surface area contributed by atoms with Gasteiger partial charge in [-0.25, -0.2) is 8.42 Å². The van der Waals surface area contributed by atoms with Crippen LogP contribution < -0.4 is 11.1 Å². The molecule has 0 aliphatic carbocycles. The van der Waals surface area contributed by atoms with E-state index in [1.165, 1.54) is 0 Å². The highest BCUT2D eigenvalue weighted by molar-refractivity contribution is 7.91. The highest BCUT2D eigenvalue weighted by Crippen LogP contribution is 2.31. The molecule has 2 aliphatic rings. The minimum atomic E-state index is -2.93. The number of nitrogens with two attached hydrogens (primary N) is 1. The van der Waals surface area contributed by atoms with Crippen LogP contribution in [0.5, 0.6) is 0 Å². The number of hydrogen-bond acceptors (Lipinski definition) is 5. The quantitative estimate of drug-likeness (QED) is 0.697. The molecule has 0 bridgehead atoms. The van der Waals surface area contributed by atoms with Crippen molar-refractivity contribution in [3.05, 3.63) is 0 Å². The highest BCUT2D eigenvalue weighted by atomic mass is 32.2. The lowest BCUT2D eigenvalue weighted by Gasteiger charge is -2.36. The van der Waals surface area contributed by atoms with E-state index in [1.54, 1.807) is 0 Å². The van der Waals surface area contributed by atoms with Crippen molar-refractivity contribution in [3.8, 4) is 0 Å². The number of sulfone groups is 1. The van der Waals surface area contributed by atoms with E-state index in [0.717, 1.165) is 0 Å². The van der Waals surface area contributed by atoms with Gasteiger partial charge in [-0.15, -0.1) is 0 Å². The molecular weight excluding hydrogens is 300 g/mol. The van der Waals surface area contributed by atoms with Crippen molar-refractivity contribution in [2.45, 2.75) is 31.7 Å². The first-order chi connectivity index (χ1) is 9.36. The fourth-order valence-electron chi connectivity index (χ4n) is 2.66. The molecule has 8 heteroatoms. The minimum Gasteiger partial charge on any atom is -0.392 e. The molecule has 6 nitrogen and oxygen atoms in total. The van der Waals surface area contributed by atoms with Crippen LogP contribution in [0, 0.1) is 5.41 Å². The summed E-state index contributed by atoms with van der Waals surface area (Å²) in [5.74, 6) is 0.0695. The van der Waals surface area contributed by atoms with Gasteiger partial charge >= 0.3 is 0 Å². The van der Waals surface area contributed by atoms with Gasteiger partial charge in [0.15, 0.2) is 0 Å². The van der Waals surface area contributed by atoms with Gasteiger partial charge in [0.05, 0.1) is 16.5 Å². The molecule has 2 heterocycles. The summed E-state index contributed by atoms with van der Waals surface area (Å²) in [6.45, 7) is 0.924. The van der Waals surface area contributed by atoms with Crippen LogP contribution in [-0.4, -0.2) is 50.1 Å². The topological polar surface area (TPSA) is 98.5 Å². The first kappa shape index (κ1) is 15.7. The van der Waals surface area contributed by atoms with Crippen LogP contribution in [-0.2, 0) is 19.4 Å². The van der Waals surface area contributed by atoms with Crippen molar-refractivity contribution in [2.24, 2.45) is 11.1 Å². The van der Waals surface area contributed by atoms with Gasteiger partial charge in [0.25, 0.3) is 0 Å². The number of carbonyl (C=O) groups excluding carboxylic acids is 1. The maximum atomic E-state index is 12.5. The number of amides is 1. The Hall–Kier alpha value is -0.730. The van der Waals surface area contributed by atoms with Crippen molar-refractivity contribution in [1.82, 2.24) is 5.32 Å². The molecule has 0 aromatic carbocycles. The summed E-state index contributed by atoms with van der Waals surface area (Å²) in [4.78, 5) is 12.7. The van der Waals surface area contributed by atoms with Crippen LogP contribution in [0.4, 0.5) is 0 Å². The van der Waals surface area contributed by atoms with E-state index in [-0.39, 0.29) is 28.4 Å². The van der Waals surface area contributed by atoms with Gasteiger partial charge < -0.3 is 15.8 Å². The Morgan fingerprint density at radius 2 is 1.80 bits per heavy atom. The lowest BCUT2D eigenvalue weighted by atomic mass is 9.79. The molecule has 3 N–H and O–H groups in total. The lowest BCUT2D eigenvalue weighted by Crippen LogP contribution is -2.55. The van der Waals surface area contributed by atoms with E-state index in [4.69, 9.17) is 22.7 Å². The Bertz CT molecular complexity index is 484. The number of thiocarbonyl (C=S) groups is 1. The van der Waals surface area contributed by atoms with Crippen LogP contribution in [0.3, 0.4) is 0 Å². The molecule has 0 atom stereocenters. The summed E-state index contributed by atoms with van der Waals surface area (Å²) >= 11 is 5.07. The Kier molecular flexibility index (Phi) is 4.66. The molecule has 0 aromatic rings. The van der Waals surface area contributed by atoms with Crippen molar-refractivity contribution in [3.63, 3.8) is 0 Å². The maximum Gasteiger partial charge on any atom is 0.233 e. The number of ether oxygens (including phenoxy) is 1. The van der Waals surface area contributed by atoms with E-state index in [0.29, 0.717) is 38.9 Å². The van der Waals surface area contributed by atoms with Crippen molar-refractivity contribution in [1.29, 1.82) is 0 Å². The first-order valence-electron chi connectivity index (χ1n) is 6.75. The zero-order valence-electron chi connectivity index (χ0n) is 11.3. The Labute approximate surface area is 124 Å². The molecule has 0 spiro atoms. The number of hydrogen-bond donors (Lipinski definition) is 2. The summed E-state index contributed by atoms with van der Waals surface area (Å²) in [7, 11) is -2.93. The summed E-state index contributed by atoms with van der Waals surface area (Å²) in [6.07, 6.45) is 1.88. The second kappa shape index (κ2) is 5.95.